The molecule has 23 heavy (non-hydrogen) atoms. The van der Waals surface area contributed by atoms with Crippen molar-refractivity contribution in [2.45, 2.75) is 19.4 Å². The molecular weight excluding hydrogens is 316 g/mol. The summed E-state index contributed by atoms with van der Waals surface area (Å²) in [6.45, 7) is 2.19. The number of nitrogen functional groups attached to an aromatic ring is 1. The lowest BCUT2D eigenvalue weighted by Gasteiger charge is -2.22. The molecule has 0 aliphatic carbocycles. The van der Waals surface area contributed by atoms with Crippen molar-refractivity contribution >= 4 is 23.5 Å². The molecule has 1 aromatic heterocycles. The Hall–Kier alpha value is -2.12. The number of piperidine rings is 1. The monoisotopic (exact) mass is 334 g/mol. The number of carbonyl (C=O) groups is 1. The van der Waals surface area contributed by atoms with Gasteiger partial charge in [0.2, 0.25) is 11.9 Å². The fraction of sp³-hybridized carbons (Fsp3) is 0.400. The molecule has 2 heterocycles. The van der Waals surface area contributed by atoms with Crippen LogP contribution in [0.1, 0.15) is 18.4 Å². The summed E-state index contributed by atoms with van der Waals surface area (Å²) in [5.41, 5.74) is 7.26. The average molecular weight is 335 g/mol. The van der Waals surface area contributed by atoms with Gasteiger partial charge in [0.15, 0.2) is 5.82 Å². The van der Waals surface area contributed by atoms with Crippen LogP contribution in [0.2, 0.25) is 5.02 Å². The van der Waals surface area contributed by atoms with Gasteiger partial charge in [0, 0.05) is 23.0 Å². The van der Waals surface area contributed by atoms with Gasteiger partial charge >= 0.3 is 0 Å². The van der Waals surface area contributed by atoms with Crippen molar-refractivity contribution in [3.05, 3.63) is 28.8 Å². The molecule has 0 unspecified atom stereocenters. The minimum absolute atomic E-state index is 0.0768. The Labute approximate surface area is 139 Å². The minimum atomic E-state index is 0.0768. The number of hydrogen-bond acceptors (Lipinski definition) is 5. The van der Waals surface area contributed by atoms with Gasteiger partial charge in [-0.1, -0.05) is 17.7 Å². The quantitative estimate of drug-likeness (QED) is 0.674. The van der Waals surface area contributed by atoms with Gasteiger partial charge in [0.25, 0.3) is 0 Å². The molecule has 2 aromatic rings. The van der Waals surface area contributed by atoms with E-state index in [1.165, 1.54) is 0 Å². The van der Waals surface area contributed by atoms with Crippen LogP contribution in [0.4, 0.5) is 5.95 Å². The zero-order chi connectivity index (χ0) is 16.2. The van der Waals surface area contributed by atoms with Crippen LogP contribution in [0.3, 0.4) is 0 Å². The molecule has 8 heteroatoms. The van der Waals surface area contributed by atoms with E-state index in [0.717, 1.165) is 37.1 Å². The lowest BCUT2D eigenvalue weighted by Crippen LogP contribution is -2.37. The van der Waals surface area contributed by atoms with Gasteiger partial charge in [-0.05, 0) is 43.6 Å². The second kappa shape index (κ2) is 6.97. The Morgan fingerprint density at radius 2 is 2.17 bits per heavy atom. The largest absolute Gasteiger partial charge is 0.366 e. The maximum atomic E-state index is 12.3. The van der Waals surface area contributed by atoms with E-state index < -0.39 is 0 Å². The predicted octanol–water partition coefficient (Wildman–Crippen LogP) is 1.32. The molecule has 1 aromatic carbocycles. The van der Waals surface area contributed by atoms with Crippen LogP contribution < -0.4 is 16.4 Å². The Morgan fingerprint density at radius 3 is 2.87 bits per heavy atom. The fourth-order valence-corrected chi connectivity index (χ4v) is 2.90. The number of aromatic nitrogens is 3. The van der Waals surface area contributed by atoms with Crippen molar-refractivity contribution in [1.82, 2.24) is 25.8 Å². The summed E-state index contributed by atoms with van der Waals surface area (Å²) in [4.78, 5) is 16.4. The molecule has 1 aliphatic heterocycles. The highest BCUT2D eigenvalue weighted by molar-refractivity contribution is 6.30. The summed E-state index contributed by atoms with van der Waals surface area (Å²) in [5, 5.41) is 13.5. The van der Waals surface area contributed by atoms with Crippen molar-refractivity contribution < 1.29 is 4.79 Å². The van der Waals surface area contributed by atoms with E-state index in [1.807, 2.05) is 6.07 Å². The fourth-order valence-electron chi connectivity index (χ4n) is 2.73. The third-order valence-corrected chi connectivity index (χ3v) is 4.23. The number of rotatable bonds is 4. The summed E-state index contributed by atoms with van der Waals surface area (Å²) < 4.78 is 0. The number of anilines is 1. The van der Waals surface area contributed by atoms with Gasteiger partial charge < -0.3 is 16.4 Å². The third kappa shape index (κ3) is 3.80. The van der Waals surface area contributed by atoms with Crippen LogP contribution in [0.25, 0.3) is 11.4 Å². The molecule has 1 fully saturated rings. The van der Waals surface area contributed by atoms with E-state index in [2.05, 4.69) is 25.8 Å². The van der Waals surface area contributed by atoms with Crippen LogP contribution in [-0.4, -0.2) is 34.2 Å². The van der Waals surface area contributed by atoms with Gasteiger partial charge in [-0.3, -0.25) is 9.89 Å². The highest BCUT2D eigenvalue weighted by atomic mass is 35.5. The molecule has 122 valence electrons. The molecule has 0 spiro atoms. The highest BCUT2D eigenvalue weighted by Crippen LogP contribution is 2.25. The number of nitrogens with two attached hydrogens (primary N) is 1. The van der Waals surface area contributed by atoms with E-state index in [9.17, 15) is 4.79 Å². The summed E-state index contributed by atoms with van der Waals surface area (Å²) in [6.07, 6.45) is 1.75. The normalized spacial score (nSPS) is 15.5. The zero-order valence-electron chi connectivity index (χ0n) is 12.6. The first-order chi connectivity index (χ1) is 11.1. The lowest BCUT2D eigenvalue weighted by atomic mass is 9.97. The molecule has 7 nitrogen and oxygen atoms in total. The summed E-state index contributed by atoms with van der Waals surface area (Å²) in [6, 6.07) is 5.45. The number of H-pyrrole nitrogens is 1. The Bertz CT molecular complexity index is 695. The highest BCUT2D eigenvalue weighted by Gasteiger charge is 2.21. The van der Waals surface area contributed by atoms with E-state index in [1.54, 1.807) is 12.1 Å². The molecule has 1 aliphatic rings. The maximum absolute atomic E-state index is 12.3. The van der Waals surface area contributed by atoms with Crippen molar-refractivity contribution in [1.29, 1.82) is 0 Å². The first kappa shape index (κ1) is 15.8. The Kier molecular flexibility index (Phi) is 4.78. The van der Waals surface area contributed by atoms with Gasteiger partial charge in [-0.15, -0.1) is 5.10 Å². The van der Waals surface area contributed by atoms with Crippen molar-refractivity contribution in [2.75, 3.05) is 18.8 Å². The van der Waals surface area contributed by atoms with Gasteiger partial charge in [0.1, 0.15) is 0 Å². The van der Waals surface area contributed by atoms with Gasteiger partial charge in [-0.25, -0.2) is 0 Å². The number of carbonyl (C=O) groups excluding carboxylic acids is 1. The van der Waals surface area contributed by atoms with E-state index in [-0.39, 0.29) is 17.8 Å². The first-order valence-electron chi connectivity index (χ1n) is 7.58. The molecule has 0 bridgehead atoms. The number of hydrogen-bond donors (Lipinski definition) is 4. The summed E-state index contributed by atoms with van der Waals surface area (Å²) in [7, 11) is 0. The van der Waals surface area contributed by atoms with E-state index in [0.29, 0.717) is 17.4 Å². The predicted molar refractivity (Wildman–Crippen MR) is 88.7 cm³/mol. The average Bonchev–Trinajstić information content (AvgIpc) is 3.00. The molecule has 0 atom stereocenters. The maximum Gasteiger partial charge on any atom is 0.239 e. The standard InChI is InChI=1S/C15H19ClN6O/c16-11-2-1-10(12(7-11)13-20-15(17)22-21-13)8-19-14(23)9-3-5-18-6-4-9/h1-2,7,9,18H,3-6,8H2,(H,19,23)(H3,17,20,21,22). The van der Waals surface area contributed by atoms with Crippen LogP contribution in [0.15, 0.2) is 18.2 Å². The van der Waals surface area contributed by atoms with Crippen molar-refractivity contribution in [2.24, 2.45) is 5.92 Å². The molecule has 0 saturated carbocycles. The van der Waals surface area contributed by atoms with Crippen LogP contribution in [0.5, 0.6) is 0 Å². The van der Waals surface area contributed by atoms with E-state index >= 15 is 0 Å². The molecule has 1 saturated heterocycles. The molecule has 3 rings (SSSR count). The zero-order valence-corrected chi connectivity index (χ0v) is 13.4. The number of nitrogens with one attached hydrogen (secondary N) is 3. The Balaban J connectivity index is 1.73. The van der Waals surface area contributed by atoms with Gasteiger partial charge in [0.05, 0.1) is 0 Å². The number of amides is 1. The van der Waals surface area contributed by atoms with Gasteiger partial charge in [-0.2, -0.15) is 4.98 Å². The summed E-state index contributed by atoms with van der Waals surface area (Å²) in [5.74, 6) is 0.873. The van der Waals surface area contributed by atoms with Crippen LogP contribution >= 0.6 is 11.6 Å². The van der Waals surface area contributed by atoms with E-state index in [4.69, 9.17) is 17.3 Å². The molecule has 0 radical (unpaired) electrons. The lowest BCUT2D eigenvalue weighted by molar-refractivity contribution is -0.125. The summed E-state index contributed by atoms with van der Waals surface area (Å²) >= 11 is 6.07. The van der Waals surface area contributed by atoms with Crippen LogP contribution in [0, 0.1) is 5.92 Å². The molecular formula is C15H19ClN6O. The molecule has 5 N–H and O–H groups in total. The smallest absolute Gasteiger partial charge is 0.239 e. The first-order valence-corrected chi connectivity index (χ1v) is 7.96. The number of halogens is 1. The second-order valence-corrected chi connectivity index (χ2v) is 6.02. The second-order valence-electron chi connectivity index (χ2n) is 5.59. The Morgan fingerprint density at radius 1 is 1.39 bits per heavy atom. The van der Waals surface area contributed by atoms with Crippen molar-refractivity contribution in [3.63, 3.8) is 0 Å². The number of aromatic amines is 1. The number of benzene rings is 1. The van der Waals surface area contributed by atoms with Crippen LogP contribution in [-0.2, 0) is 11.3 Å². The molecule has 1 amide bonds. The third-order valence-electron chi connectivity index (χ3n) is 3.99. The van der Waals surface area contributed by atoms with Crippen molar-refractivity contribution in [3.8, 4) is 11.4 Å². The topological polar surface area (TPSA) is 109 Å². The minimum Gasteiger partial charge on any atom is -0.366 e. The number of nitrogens with zero attached hydrogens (tertiary/aromatic N) is 2. The SMILES string of the molecule is Nc1n[nH]c(-c2cc(Cl)ccc2CNC(=O)C2CCNCC2)n1.